The number of aliphatic hydroxyl groups excluding tert-OH is 1. The molecule has 130 valence electrons. The SMILES string of the molecule is CSc1ccc(CN(CCO)Cc2ccc(C(F)(F)F)nc2)cc1. The first-order valence-corrected chi connectivity index (χ1v) is 8.63. The van der Waals surface area contributed by atoms with E-state index in [4.69, 9.17) is 0 Å². The number of hydrogen-bond acceptors (Lipinski definition) is 4. The second-order valence-electron chi connectivity index (χ2n) is 5.33. The van der Waals surface area contributed by atoms with Crippen molar-refractivity contribution in [2.24, 2.45) is 0 Å². The number of aromatic nitrogens is 1. The lowest BCUT2D eigenvalue weighted by Gasteiger charge is -2.21. The number of alkyl halides is 3. The normalized spacial score (nSPS) is 11.9. The summed E-state index contributed by atoms with van der Waals surface area (Å²) < 4.78 is 37.6. The van der Waals surface area contributed by atoms with E-state index in [1.54, 1.807) is 11.8 Å². The van der Waals surface area contributed by atoms with Gasteiger partial charge in [-0.2, -0.15) is 13.2 Å². The Morgan fingerprint density at radius 3 is 2.17 bits per heavy atom. The molecule has 2 rings (SSSR count). The molecule has 0 radical (unpaired) electrons. The third-order valence-electron chi connectivity index (χ3n) is 3.50. The van der Waals surface area contributed by atoms with Gasteiger partial charge in [-0.3, -0.25) is 9.88 Å². The van der Waals surface area contributed by atoms with E-state index in [-0.39, 0.29) is 6.61 Å². The summed E-state index contributed by atoms with van der Waals surface area (Å²) in [5.74, 6) is 0. The molecular formula is C17H19F3N2OS. The van der Waals surface area contributed by atoms with Crippen LogP contribution in [0.1, 0.15) is 16.8 Å². The van der Waals surface area contributed by atoms with Gasteiger partial charge >= 0.3 is 6.18 Å². The van der Waals surface area contributed by atoms with Crippen LogP contribution in [0.4, 0.5) is 13.2 Å². The molecule has 0 saturated heterocycles. The average molecular weight is 356 g/mol. The van der Waals surface area contributed by atoms with E-state index in [1.807, 2.05) is 35.4 Å². The maximum Gasteiger partial charge on any atom is 0.433 e. The Balaban J connectivity index is 2.04. The minimum atomic E-state index is -4.43. The highest BCUT2D eigenvalue weighted by Gasteiger charge is 2.32. The van der Waals surface area contributed by atoms with Crippen molar-refractivity contribution in [3.63, 3.8) is 0 Å². The van der Waals surface area contributed by atoms with Crippen LogP contribution in [0, 0.1) is 0 Å². The van der Waals surface area contributed by atoms with E-state index < -0.39 is 11.9 Å². The summed E-state index contributed by atoms with van der Waals surface area (Å²) in [7, 11) is 0. The molecule has 1 aromatic carbocycles. The van der Waals surface area contributed by atoms with Crippen LogP contribution in [0.15, 0.2) is 47.5 Å². The minimum absolute atomic E-state index is 0.0169. The van der Waals surface area contributed by atoms with Gasteiger partial charge in [0.05, 0.1) is 6.61 Å². The van der Waals surface area contributed by atoms with Crippen molar-refractivity contribution in [2.45, 2.75) is 24.2 Å². The molecule has 0 aliphatic rings. The lowest BCUT2D eigenvalue weighted by molar-refractivity contribution is -0.141. The fourth-order valence-corrected chi connectivity index (χ4v) is 2.70. The number of thioether (sulfide) groups is 1. The second-order valence-corrected chi connectivity index (χ2v) is 6.21. The number of rotatable bonds is 7. The summed E-state index contributed by atoms with van der Waals surface area (Å²) in [6.45, 7) is 1.45. The zero-order valence-electron chi connectivity index (χ0n) is 13.3. The lowest BCUT2D eigenvalue weighted by Crippen LogP contribution is -2.26. The maximum atomic E-state index is 12.5. The van der Waals surface area contributed by atoms with Gasteiger partial charge in [0.25, 0.3) is 0 Å². The minimum Gasteiger partial charge on any atom is -0.395 e. The fraction of sp³-hybridized carbons (Fsp3) is 0.353. The van der Waals surface area contributed by atoms with Crippen LogP contribution in [-0.4, -0.2) is 34.4 Å². The Morgan fingerprint density at radius 2 is 1.67 bits per heavy atom. The second kappa shape index (κ2) is 8.50. The molecule has 7 heteroatoms. The number of pyridine rings is 1. The fourth-order valence-electron chi connectivity index (χ4n) is 2.29. The third kappa shape index (κ3) is 5.51. The molecule has 1 heterocycles. The van der Waals surface area contributed by atoms with Crippen molar-refractivity contribution in [2.75, 3.05) is 19.4 Å². The van der Waals surface area contributed by atoms with Crippen molar-refractivity contribution in [3.05, 3.63) is 59.4 Å². The van der Waals surface area contributed by atoms with E-state index in [0.717, 1.165) is 11.6 Å². The summed E-state index contributed by atoms with van der Waals surface area (Å²) in [5, 5.41) is 9.22. The molecule has 0 aliphatic carbocycles. The Labute approximate surface area is 143 Å². The van der Waals surface area contributed by atoms with Gasteiger partial charge in [0.1, 0.15) is 5.69 Å². The number of hydrogen-bond donors (Lipinski definition) is 1. The quantitative estimate of drug-likeness (QED) is 0.765. The van der Waals surface area contributed by atoms with Gasteiger partial charge in [0.2, 0.25) is 0 Å². The summed E-state index contributed by atoms with van der Waals surface area (Å²) in [4.78, 5) is 6.61. The van der Waals surface area contributed by atoms with Crippen LogP contribution in [0.2, 0.25) is 0 Å². The van der Waals surface area contributed by atoms with Crippen molar-refractivity contribution in [1.29, 1.82) is 0 Å². The van der Waals surface area contributed by atoms with E-state index in [0.29, 0.717) is 25.2 Å². The van der Waals surface area contributed by atoms with Crippen LogP contribution in [0.3, 0.4) is 0 Å². The van der Waals surface area contributed by atoms with Gasteiger partial charge in [0, 0.05) is 30.7 Å². The molecule has 1 N–H and O–H groups in total. The molecular weight excluding hydrogens is 337 g/mol. The Hall–Kier alpha value is -1.57. The number of aliphatic hydroxyl groups is 1. The van der Waals surface area contributed by atoms with Crippen LogP contribution in [-0.2, 0) is 19.3 Å². The largest absolute Gasteiger partial charge is 0.433 e. The Bertz CT molecular complexity index is 630. The third-order valence-corrected chi connectivity index (χ3v) is 4.25. The molecule has 0 saturated carbocycles. The molecule has 0 bridgehead atoms. The predicted octanol–water partition coefficient (Wildman–Crippen LogP) is 3.82. The van der Waals surface area contributed by atoms with Crippen LogP contribution >= 0.6 is 11.8 Å². The molecule has 0 fully saturated rings. The Morgan fingerprint density at radius 1 is 1.04 bits per heavy atom. The smallest absolute Gasteiger partial charge is 0.395 e. The first-order chi connectivity index (χ1) is 11.4. The zero-order valence-corrected chi connectivity index (χ0v) is 14.1. The van der Waals surface area contributed by atoms with E-state index in [1.165, 1.54) is 17.2 Å². The molecule has 0 spiro atoms. The van der Waals surface area contributed by atoms with Gasteiger partial charge in [-0.15, -0.1) is 11.8 Å². The number of benzene rings is 1. The van der Waals surface area contributed by atoms with Crippen molar-refractivity contribution < 1.29 is 18.3 Å². The van der Waals surface area contributed by atoms with Crippen LogP contribution in [0.25, 0.3) is 0 Å². The van der Waals surface area contributed by atoms with Gasteiger partial charge in [-0.25, -0.2) is 0 Å². The number of halogens is 3. The van der Waals surface area contributed by atoms with E-state index >= 15 is 0 Å². The summed E-state index contributed by atoms with van der Waals surface area (Å²) in [6, 6.07) is 10.5. The average Bonchev–Trinajstić information content (AvgIpc) is 2.55. The van der Waals surface area contributed by atoms with Crippen LogP contribution < -0.4 is 0 Å². The van der Waals surface area contributed by atoms with E-state index in [2.05, 4.69) is 4.98 Å². The standard InChI is InChI=1S/C17H19F3N2OS/c1-24-15-5-2-13(3-6-15)11-22(8-9-23)12-14-4-7-16(21-10-14)17(18,19)20/h2-7,10,23H,8-9,11-12H2,1H3. The molecule has 1 aromatic heterocycles. The van der Waals surface area contributed by atoms with Gasteiger partial charge in [-0.05, 0) is 35.6 Å². The first-order valence-electron chi connectivity index (χ1n) is 7.40. The monoisotopic (exact) mass is 356 g/mol. The molecule has 2 aromatic rings. The Kier molecular flexibility index (Phi) is 6.65. The highest BCUT2D eigenvalue weighted by atomic mass is 32.2. The van der Waals surface area contributed by atoms with Crippen molar-refractivity contribution >= 4 is 11.8 Å². The molecule has 0 amide bonds. The molecule has 0 unspecified atom stereocenters. The van der Waals surface area contributed by atoms with Gasteiger partial charge < -0.3 is 5.11 Å². The van der Waals surface area contributed by atoms with Crippen molar-refractivity contribution in [3.8, 4) is 0 Å². The molecule has 0 aliphatic heterocycles. The van der Waals surface area contributed by atoms with Gasteiger partial charge in [0.15, 0.2) is 0 Å². The molecule has 24 heavy (non-hydrogen) atoms. The molecule has 3 nitrogen and oxygen atoms in total. The maximum absolute atomic E-state index is 12.5. The summed E-state index contributed by atoms with van der Waals surface area (Å²) in [6.07, 6.45) is -1.18. The predicted molar refractivity (Wildman–Crippen MR) is 88.7 cm³/mol. The first kappa shape index (κ1) is 18.8. The highest BCUT2D eigenvalue weighted by Crippen LogP contribution is 2.27. The highest BCUT2D eigenvalue weighted by molar-refractivity contribution is 7.98. The lowest BCUT2D eigenvalue weighted by atomic mass is 10.2. The number of nitrogens with zero attached hydrogens (tertiary/aromatic N) is 2. The topological polar surface area (TPSA) is 36.4 Å². The van der Waals surface area contributed by atoms with Crippen LogP contribution in [0.5, 0.6) is 0 Å². The zero-order chi connectivity index (χ0) is 17.6. The molecule has 0 atom stereocenters. The van der Waals surface area contributed by atoms with Crippen molar-refractivity contribution in [1.82, 2.24) is 9.88 Å². The van der Waals surface area contributed by atoms with Gasteiger partial charge in [-0.1, -0.05) is 18.2 Å². The summed E-state index contributed by atoms with van der Waals surface area (Å²) in [5.41, 5.74) is 0.867. The van der Waals surface area contributed by atoms with E-state index in [9.17, 15) is 18.3 Å². The summed E-state index contributed by atoms with van der Waals surface area (Å²) >= 11 is 1.66.